The minimum absolute atomic E-state index is 0. The second kappa shape index (κ2) is 8.99. The van der Waals surface area contributed by atoms with Crippen molar-refractivity contribution in [2.24, 2.45) is 0 Å². The molecule has 0 spiro atoms. The fourth-order valence-corrected chi connectivity index (χ4v) is 2.84. The summed E-state index contributed by atoms with van der Waals surface area (Å²) in [4.78, 5) is 4.86. The highest BCUT2D eigenvalue weighted by molar-refractivity contribution is 9.10. The first-order valence-corrected chi connectivity index (χ1v) is 8.18. The Bertz CT molecular complexity index is 434. The summed E-state index contributed by atoms with van der Waals surface area (Å²) in [6.45, 7) is 10.8. The third kappa shape index (κ3) is 5.78. The van der Waals surface area contributed by atoms with E-state index in [0.29, 0.717) is 5.92 Å². The fraction of sp³-hybridized carbons (Fsp3) is 0.625. The summed E-state index contributed by atoms with van der Waals surface area (Å²) in [5.74, 6) is 1.50. The fourth-order valence-electron chi connectivity index (χ4n) is 2.46. The van der Waals surface area contributed by atoms with Gasteiger partial charge in [-0.2, -0.15) is 0 Å². The molecule has 0 atom stereocenters. The first-order valence-electron chi connectivity index (χ1n) is 7.39. The molecule has 1 aliphatic heterocycles. The molecule has 1 heterocycles. The van der Waals surface area contributed by atoms with E-state index in [1.165, 1.54) is 5.56 Å². The van der Waals surface area contributed by atoms with Crippen molar-refractivity contribution in [3.63, 3.8) is 0 Å². The number of ether oxygens (including phenoxy) is 1. The molecule has 0 amide bonds. The lowest BCUT2D eigenvalue weighted by Crippen LogP contribution is -2.45. The van der Waals surface area contributed by atoms with Gasteiger partial charge in [0.25, 0.3) is 0 Å². The molecule has 120 valence electrons. The van der Waals surface area contributed by atoms with E-state index < -0.39 is 0 Å². The molecule has 0 unspecified atom stereocenters. The van der Waals surface area contributed by atoms with Gasteiger partial charge in [-0.1, -0.05) is 29.8 Å². The van der Waals surface area contributed by atoms with Crippen molar-refractivity contribution in [2.45, 2.75) is 19.8 Å². The summed E-state index contributed by atoms with van der Waals surface area (Å²) in [5.41, 5.74) is 1.28. The summed E-state index contributed by atoms with van der Waals surface area (Å²) < 4.78 is 7.13. The maximum absolute atomic E-state index is 6.01. The molecule has 0 aliphatic carbocycles. The summed E-state index contributed by atoms with van der Waals surface area (Å²) in [7, 11) is 2.19. The molecule has 1 saturated heterocycles. The molecule has 1 aliphatic rings. The number of halogens is 2. The van der Waals surface area contributed by atoms with Crippen LogP contribution in [0.5, 0.6) is 5.75 Å². The number of hydrogen-bond acceptors (Lipinski definition) is 3. The van der Waals surface area contributed by atoms with Crippen LogP contribution in [0.2, 0.25) is 0 Å². The Morgan fingerprint density at radius 3 is 2.48 bits per heavy atom. The molecule has 5 heteroatoms. The average molecular weight is 378 g/mol. The zero-order valence-electron chi connectivity index (χ0n) is 13.1. The van der Waals surface area contributed by atoms with Crippen LogP contribution in [-0.4, -0.2) is 56.2 Å². The van der Waals surface area contributed by atoms with Crippen molar-refractivity contribution >= 4 is 28.3 Å². The second-order valence-electron chi connectivity index (χ2n) is 5.83. The third-order valence-electron chi connectivity index (χ3n) is 3.85. The molecule has 0 N–H and O–H groups in total. The van der Waals surface area contributed by atoms with E-state index in [2.05, 4.69) is 64.8 Å². The molecular formula is C16H26BrClN2O. The lowest BCUT2D eigenvalue weighted by atomic mass is 10.0. The molecule has 0 bridgehead atoms. The smallest absolute Gasteiger partial charge is 0.122 e. The van der Waals surface area contributed by atoms with Crippen LogP contribution in [0.3, 0.4) is 0 Å². The maximum Gasteiger partial charge on any atom is 0.122 e. The highest BCUT2D eigenvalue weighted by Gasteiger charge is 2.14. The van der Waals surface area contributed by atoms with E-state index in [0.717, 1.165) is 49.6 Å². The van der Waals surface area contributed by atoms with E-state index >= 15 is 0 Å². The van der Waals surface area contributed by atoms with Crippen LogP contribution in [0.25, 0.3) is 0 Å². The van der Waals surface area contributed by atoms with Crippen LogP contribution in [0, 0.1) is 0 Å². The van der Waals surface area contributed by atoms with Crippen molar-refractivity contribution in [1.29, 1.82) is 0 Å². The Balaban J connectivity index is 0.00000220. The maximum atomic E-state index is 6.01. The number of nitrogens with zero attached hydrogens (tertiary/aromatic N) is 2. The van der Waals surface area contributed by atoms with Crippen LogP contribution >= 0.6 is 28.3 Å². The summed E-state index contributed by atoms with van der Waals surface area (Å²) >= 11 is 3.53. The Kier molecular flexibility index (Phi) is 8.03. The summed E-state index contributed by atoms with van der Waals surface area (Å²) in [6, 6.07) is 6.29. The van der Waals surface area contributed by atoms with Crippen LogP contribution in [-0.2, 0) is 0 Å². The summed E-state index contributed by atoms with van der Waals surface area (Å²) in [5, 5.41) is 0. The lowest BCUT2D eigenvalue weighted by Gasteiger charge is -2.32. The van der Waals surface area contributed by atoms with Crippen LogP contribution in [0.1, 0.15) is 25.3 Å². The SMILES string of the molecule is CC(C)c1cc(Br)ccc1OCCN1CCN(C)CC1.Cl. The molecule has 1 aromatic rings. The normalized spacial score (nSPS) is 16.8. The van der Waals surface area contributed by atoms with Gasteiger partial charge in [-0.25, -0.2) is 0 Å². The molecular weight excluding hydrogens is 352 g/mol. The van der Waals surface area contributed by atoms with Gasteiger partial charge in [-0.05, 0) is 36.7 Å². The monoisotopic (exact) mass is 376 g/mol. The van der Waals surface area contributed by atoms with Crippen LogP contribution in [0.4, 0.5) is 0 Å². The Labute approximate surface area is 143 Å². The first-order chi connectivity index (χ1) is 9.56. The van der Waals surface area contributed by atoms with Crippen molar-refractivity contribution in [2.75, 3.05) is 46.4 Å². The topological polar surface area (TPSA) is 15.7 Å². The molecule has 1 aromatic carbocycles. The first kappa shape index (κ1) is 18.8. The van der Waals surface area contributed by atoms with Gasteiger partial charge in [0.1, 0.15) is 12.4 Å². The Morgan fingerprint density at radius 1 is 1.19 bits per heavy atom. The van der Waals surface area contributed by atoms with Gasteiger partial charge in [0.05, 0.1) is 0 Å². The average Bonchev–Trinajstić information content (AvgIpc) is 2.42. The zero-order chi connectivity index (χ0) is 14.5. The van der Waals surface area contributed by atoms with Gasteiger partial charge in [-0.15, -0.1) is 12.4 Å². The van der Waals surface area contributed by atoms with Gasteiger partial charge in [0.2, 0.25) is 0 Å². The quantitative estimate of drug-likeness (QED) is 0.779. The van der Waals surface area contributed by atoms with E-state index in [1.807, 2.05) is 0 Å². The van der Waals surface area contributed by atoms with E-state index in [-0.39, 0.29) is 12.4 Å². The van der Waals surface area contributed by atoms with Gasteiger partial charge < -0.3 is 9.64 Å². The number of benzene rings is 1. The van der Waals surface area contributed by atoms with Crippen LogP contribution < -0.4 is 4.74 Å². The van der Waals surface area contributed by atoms with Crippen molar-refractivity contribution in [3.05, 3.63) is 28.2 Å². The molecule has 21 heavy (non-hydrogen) atoms. The summed E-state index contributed by atoms with van der Waals surface area (Å²) in [6.07, 6.45) is 0. The molecule has 3 nitrogen and oxygen atoms in total. The van der Waals surface area contributed by atoms with Gasteiger partial charge >= 0.3 is 0 Å². The minimum atomic E-state index is 0. The van der Waals surface area contributed by atoms with Crippen molar-refractivity contribution < 1.29 is 4.74 Å². The van der Waals surface area contributed by atoms with Crippen molar-refractivity contribution in [1.82, 2.24) is 9.80 Å². The van der Waals surface area contributed by atoms with Crippen LogP contribution in [0.15, 0.2) is 22.7 Å². The largest absolute Gasteiger partial charge is 0.492 e. The molecule has 0 aromatic heterocycles. The van der Waals surface area contributed by atoms with E-state index in [1.54, 1.807) is 0 Å². The molecule has 0 saturated carbocycles. The highest BCUT2D eigenvalue weighted by atomic mass is 79.9. The zero-order valence-corrected chi connectivity index (χ0v) is 15.5. The van der Waals surface area contributed by atoms with Crippen molar-refractivity contribution in [3.8, 4) is 5.75 Å². The standard InChI is InChI=1S/C16H25BrN2O.ClH/c1-13(2)15-12-14(17)4-5-16(15)20-11-10-19-8-6-18(3)7-9-19;/h4-5,12-13H,6-11H2,1-3H3;1H. The minimum Gasteiger partial charge on any atom is -0.492 e. The molecule has 2 rings (SSSR count). The lowest BCUT2D eigenvalue weighted by molar-refractivity contribution is 0.133. The van der Waals surface area contributed by atoms with Gasteiger partial charge in [-0.3, -0.25) is 4.90 Å². The Hall–Kier alpha value is -0.290. The van der Waals surface area contributed by atoms with Gasteiger partial charge in [0.15, 0.2) is 0 Å². The third-order valence-corrected chi connectivity index (χ3v) is 4.35. The molecule has 1 fully saturated rings. The number of hydrogen-bond donors (Lipinski definition) is 0. The number of piperazine rings is 1. The highest BCUT2D eigenvalue weighted by Crippen LogP contribution is 2.29. The van der Waals surface area contributed by atoms with E-state index in [4.69, 9.17) is 4.74 Å². The second-order valence-corrected chi connectivity index (χ2v) is 6.75. The van der Waals surface area contributed by atoms with E-state index in [9.17, 15) is 0 Å². The Morgan fingerprint density at radius 2 is 1.86 bits per heavy atom. The predicted molar refractivity (Wildman–Crippen MR) is 94.9 cm³/mol. The number of rotatable bonds is 5. The van der Waals surface area contributed by atoms with Gasteiger partial charge in [0, 0.05) is 37.2 Å². The number of likely N-dealkylation sites (N-methyl/N-ethyl adjacent to an activating group) is 1. The molecule has 0 radical (unpaired) electrons. The predicted octanol–water partition coefficient (Wildman–Crippen LogP) is 3.62.